The van der Waals surface area contributed by atoms with Gasteiger partial charge in [0.15, 0.2) is 0 Å². The van der Waals surface area contributed by atoms with Crippen LogP contribution in [0.3, 0.4) is 0 Å². The Hall–Kier alpha value is -1.39. The number of nitrogens with zero attached hydrogens (tertiary/aromatic N) is 3. The molecule has 1 aromatic rings. The fraction of sp³-hybridized carbons (Fsp3) is 0.750. The zero-order chi connectivity index (χ0) is 12.3. The molecule has 1 aromatic heterocycles. The number of hydrogen-bond acceptors (Lipinski definition) is 5. The average molecular weight is 235 g/mol. The van der Waals surface area contributed by atoms with E-state index in [1.165, 1.54) is 32.1 Å². The number of aromatic nitrogens is 3. The number of aryl methyl sites for hydroxylation is 1. The Bertz CT molecular complexity index is 351. The van der Waals surface area contributed by atoms with Gasteiger partial charge in [0, 0.05) is 6.04 Å². The summed E-state index contributed by atoms with van der Waals surface area (Å²) in [7, 11) is 0. The first-order chi connectivity index (χ1) is 8.17. The minimum atomic E-state index is 0.294. The highest BCUT2D eigenvalue weighted by Crippen LogP contribution is 2.27. The maximum atomic E-state index is 5.61. The van der Waals surface area contributed by atoms with Crippen molar-refractivity contribution in [1.29, 1.82) is 0 Å². The van der Waals surface area contributed by atoms with Crippen LogP contribution in [-0.4, -0.2) is 21.0 Å². The van der Waals surface area contributed by atoms with Crippen LogP contribution in [0.15, 0.2) is 0 Å². The van der Waals surface area contributed by atoms with E-state index in [0.717, 1.165) is 5.92 Å². The lowest BCUT2D eigenvalue weighted by molar-refractivity contribution is 0.329. The van der Waals surface area contributed by atoms with Crippen LogP contribution >= 0.6 is 0 Å². The molecule has 0 radical (unpaired) electrons. The minimum Gasteiger partial charge on any atom is -0.368 e. The molecule has 5 heteroatoms. The Morgan fingerprint density at radius 2 is 1.88 bits per heavy atom. The summed E-state index contributed by atoms with van der Waals surface area (Å²) < 4.78 is 0. The van der Waals surface area contributed by atoms with Gasteiger partial charge in [-0.05, 0) is 38.5 Å². The Labute approximate surface area is 102 Å². The average Bonchev–Trinajstić information content (AvgIpc) is 2.28. The molecule has 2 rings (SSSR count). The molecule has 5 nitrogen and oxygen atoms in total. The van der Waals surface area contributed by atoms with Crippen molar-refractivity contribution in [2.75, 3.05) is 11.1 Å². The summed E-state index contributed by atoms with van der Waals surface area (Å²) in [6, 6.07) is 0.485. The lowest BCUT2D eigenvalue weighted by Gasteiger charge is -2.28. The van der Waals surface area contributed by atoms with Crippen LogP contribution in [-0.2, 0) is 0 Å². The SMILES string of the molecule is CCC1CCC(Nc2nc(C)nc(N)n2)CC1. The lowest BCUT2D eigenvalue weighted by Crippen LogP contribution is -2.27. The van der Waals surface area contributed by atoms with Crippen molar-refractivity contribution < 1.29 is 0 Å². The molecule has 0 aliphatic heterocycles. The summed E-state index contributed by atoms with van der Waals surface area (Å²) in [5, 5.41) is 3.36. The molecular formula is C12H21N5. The summed E-state index contributed by atoms with van der Waals surface area (Å²) in [6.45, 7) is 4.10. The van der Waals surface area contributed by atoms with Gasteiger partial charge in [-0.15, -0.1) is 0 Å². The Morgan fingerprint density at radius 3 is 2.47 bits per heavy atom. The van der Waals surface area contributed by atoms with Gasteiger partial charge in [-0.3, -0.25) is 0 Å². The van der Waals surface area contributed by atoms with E-state index in [4.69, 9.17) is 5.73 Å². The van der Waals surface area contributed by atoms with Gasteiger partial charge in [0.2, 0.25) is 11.9 Å². The van der Waals surface area contributed by atoms with Crippen molar-refractivity contribution in [3.05, 3.63) is 5.82 Å². The van der Waals surface area contributed by atoms with Crippen molar-refractivity contribution in [3.63, 3.8) is 0 Å². The smallest absolute Gasteiger partial charge is 0.227 e. The number of nitrogens with one attached hydrogen (secondary N) is 1. The van der Waals surface area contributed by atoms with Gasteiger partial charge in [-0.25, -0.2) is 0 Å². The quantitative estimate of drug-likeness (QED) is 0.839. The topological polar surface area (TPSA) is 76.7 Å². The van der Waals surface area contributed by atoms with Gasteiger partial charge in [0.1, 0.15) is 5.82 Å². The summed E-state index contributed by atoms with van der Waals surface area (Å²) in [4.78, 5) is 12.3. The van der Waals surface area contributed by atoms with E-state index < -0.39 is 0 Å². The largest absolute Gasteiger partial charge is 0.368 e. The van der Waals surface area contributed by atoms with Crippen LogP contribution in [0.5, 0.6) is 0 Å². The molecule has 0 unspecified atom stereocenters. The maximum Gasteiger partial charge on any atom is 0.227 e. The molecule has 0 saturated heterocycles. The monoisotopic (exact) mass is 235 g/mol. The van der Waals surface area contributed by atoms with E-state index in [-0.39, 0.29) is 0 Å². The fourth-order valence-electron chi connectivity index (χ4n) is 2.46. The molecular weight excluding hydrogens is 214 g/mol. The van der Waals surface area contributed by atoms with Gasteiger partial charge in [0.05, 0.1) is 0 Å². The first-order valence-electron chi connectivity index (χ1n) is 6.42. The van der Waals surface area contributed by atoms with Gasteiger partial charge >= 0.3 is 0 Å². The molecule has 0 amide bonds. The summed E-state index contributed by atoms with van der Waals surface area (Å²) >= 11 is 0. The third-order valence-electron chi connectivity index (χ3n) is 3.52. The first-order valence-corrected chi connectivity index (χ1v) is 6.42. The fourth-order valence-corrected chi connectivity index (χ4v) is 2.46. The predicted octanol–water partition coefficient (Wildman–Crippen LogP) is 2.14. The third kappa shape index (κ3) is 3.28. The highest BCUT2D eigenvalue weighted by molar-refractivity contribution is 5.31. The molecule has 0 aromatic carbocycles. The molecule has 94 valence electrons. The van der Waals surface area contributed by atoms with Crippen LogP contribution in [0.4, 0.5) is 11.9 Å². The molecule has 1 aliphatic carbocycles. The highest BCUT2D eigenvalue weighted by Gasteiger charge is 2.20. The predicted molar refractivity (Wildman–Crippen MR) is 68.6 cm³/mol. The zero-order valence-electron chi connectivity index (χ0n) is 10.6. The van der Waals surface area contributed by atoms with Crippen molar-refractivity contribution in [3.8, 4) is 0 Å². The molecule has 1 aliphatic rings. The van der Waals surface area contributed by atoms with E-state index in [1.807, 2.05) is 6.92 Å². The molecule has 1 fully saturated rings. The van der Waals surface area contributed by atoms with Gasteiger partial charge in [0.25, 0.3) is 0 Å². The van der Waals surface area contributed by atoms with E-state index in [9.17, 15) is 0 Å². The number of nitrogen functional groups attached to an aromatic ring is 1. The lowest BCUT2D eigenvalue weighted by atomic mass is 9.85. The maximum absolute atomic E-state index is 5.61. The second-order valence-electron chi connectivity index (χ2n) is 4.83. The third-order valence-corrected chi connectivity index (χ3v) is 3.52. The van der Waals surface area contributed by atoms with Crippen LogP contribution in [0.1, 0.15) is 44.9 Å². The van der Waals surface area contributed by atoms with Crippen molar-refractivity contribution in [1.82, 2.24) is 15.0 Å². The molecule has 1 heterocycles. The van der Waals surface area contributed by atoms with Crippen LogP contribution in [0, 0.1) is 12.8 Å². The number of rotatable bonds is 3. The standard InChI is InChI=1S/C12H21N5/c1-3-9-4-6-10(7-5-9)16-12-15-8(2)14-11(13)17-12/h9-10H,3-7H2,1-2H3,(H3,13,14,15,16,17). The normalized spacial score (nSPS) is 24.6. The molecule has 0 spiro atoms. The molecule has 0 atom stereocenters. The molecule has 1 saturated carbocycles. The van der Waals surface area contributed by atoms with Crippen LogP contribution in [0.25, 0.3) is 0 Å². The molecule has 0 bridgehead atoms. The van der Waals surface area contributed by atoms with Crippen molar-refractivity contribution in [2.45, 2.75) is 52.0 Å². The summed E-state index contributed by atoms with van der Waals surface area (Å²) in [6.07, 6.45) is 6.29. The summed E-state index contributed by atoms with van der Waals surface area (Å²) in [5.74, 6) is 2.48. The molecule has 3 N–H and O–H groups in total. The van der Waals surface area contributed by atoms with E-state index >= 15 is 0 Å². The van der Waals surface area contributed by atoms with E-state index in [2.05, 4.69) is 27.2 Å². The second kappa shape index (κ2) is 5.29. The Balaban J connectivity index is 1.93. The Morgan fingerprint density at radius 1 is 1.18 bits per heavy atom. The second-order valence-corrected chi connectivity index (χ2v) is 4.83. The van der Waals surface area contributed by atoms with Crippen molar-refractivity contribution >= 4 is 11.9 Å². The van der Waals surface area contributed by atoms with Gasteiger partial charge in [-0.2, -0.15) is 15.0 Å². The van der Waals surface area contributed by atoms with Gasteiger partial charge in [-0.1, -0.05) is 13.3 Å². The van der Waals surface area contributed by atoms with Crippen LogP contribution in [0.2, 0.25) is 0 Å². The van der Waals surface area contributed by atoms with Gasteiger partial charge < -0.3 is 11.1 Å². The van der Waals surface area contributed by atoms with Crippen LogP contribution < -0.4 is 11.1 Å². The van der Waals surface area contributed by atoms with E-state index in [0.29, 0.717) is 23.8 Å². The minimum absolute atomic E-state index is 0.294. The number of nitrogens with two attached hydrogens (primary N) is 1. The Kier molecular flexibility index (Phi) is 3.76. The zero-order valence-corrected chi connectivity index (χ0v) is 10.6. The first kappa shape index (κ1) is 12.1. The molecule has 17 heavy (non-hydrogen) atoms. The van der Waals surface area contributed by atoms with E-state index in [1.54, 1.807) is 0 Å². The van der Waals surface area contributed by atoms with Crippen molar-refractivity contribution in [2.24, 2.45) is 5.92 Å². The number of hydrogen-bond donors (Lipinski definition) is 2. The number of anilines is 2. The highest BCUT2D eigenvalue weighted by atomic mass is 15.2. The summed E-state index contributed by atoms with van der Waals surface area (Å²) in [5.41, 5.74) is 5.61.